The number of nitrogens with zero attached hydrogens (tertiary/aromatic N) is 1. The van der Waals surface area contributed by atoms with Crippen LogP contribution < -0.4 is 0 Å². The van der Waals surface area contributed by atoms with Crippen molar-refractivity contribution in [1.29, 1.82) is 0 Å². The van der Waals surface area contributed by atoms with Crippen LogP contribution in [0.25, 0.3) is 0 Å². The fourth-order valence-electron chi connectivity index (χ4n) is 3.95. The van der Waals surface area contributed by atoms with Gasteiger partial charge in [-0.2, -0.15) is 0 Å². The van der Waals surface area contributed by atoms with Crippen LogP contribution in [0.1, 0.15) is 79.1 Å². The van der Waals surface area contributed by atoms with Gasteiger partial charge in [0.2, 0.25) is 0 Å². The van der Waals surface area contributed by atoms with Gasteiger partial charge in [-0.25, -0.2) is 9.36 Å². The fraction of sp³-hybridized carbons (Fsp3) is 0.857. The first kappa shape index (κ1) is 28.3. The zero-order chi connectivity index (χ0) is 22.3. The number of rotatable bonds is 18. The number of carbonyl (C=O) groups excluding carboxylic acids is 1. The number of hydrogen-bond acceptors (Lipinski definition) is 4. The van der Waals surface area contributed by atoms with E-state index >= 15 is 0 Å². The van der Waals surface area contributed by atoms with Crippen LogP contribution in [0, 0.1) is 0 Å². The lowest BCUT2D eigenvalue weighted by Gasteiger charge is -2.39. The van der Waals surface area contributed by atoms with E-state index in [1.807, 2.05) is 0 Å². The fourth-order valence-corrected chi connectivity index (χ4v) is 4.55. The molecule has 8 heteroatoms. The van der Waals surface area contributed by atoms with Crippen LogP contribution in [0.3, 0.4) is 0 Å². The molecule has 1 atom stereocenters. The van der Waals surface area contributed by atoms with Gasteiger partial charge in [0.1, 0.15) is 0 Å². The van der Waals surface area contributed by atoms with E-state index in [0.717, 1.165) is 56.3 Å². The Hall–Kier alpha value is -0.720. The molecule has 0 rings (SSSR count). The van der Waals surface area contributed by atoms with Gasteiger partial charge in [-0.1, -0.05) is 27.4 Å². The highest BCUT2D eigenvalue weighted by Crippen LogP contribution is 2.39. The zero-order valence-electron chi connectivity index (χ0n) is 18.9. The number of esters is 1. The van der Waals surface area contributed by atoms with Crippen LogP contribution in [0.15, 0.2) is 12.2 Å². The average molecular weight is 437 g/mol. The third-order valence-corrected chi connectivity index (χ3v) is 5.61. The summed E-state index contributed by atoms with van der Waals surface area (Å²) in [6, 6.07) is 0. The molecule has 0 aromatic carbocycles. The molecule has 0 aliphatic carbocycles. The minimum absolute atomic E-state index is 0.276. The Morgan fingerprint density at radius 1 is 0.966 bits per heavy atom. The molecule has 0 aliphatic rings. The van der Waals surface area contributed by atoms with Crippen LogP contribution >= 0.6 is 7.82 Å². The second-order valence-electron chi connectivity index (χ2n) is 8.01. The number of hydrogen-bond donors (Lipinski definition) is 2. The molecule has 29 heavy (non-hydrogen) atoms. The van der Waals surface area contributed by atoms with E-state index in [9.17, 15) is 19.1 Å². The second-order valence-corrected chi connectivity index (χ2v) is 9.20. The highest BCUT2D eigenvalue weighted by Gasteiger charge is 2.26. The summed E-state index contributed by atoms with van der Waals surface area (Å²) in [6.45, 7) is 16.4. The van der Waals surface area contributed by atoms with Gasteiger partial charge in [-0.3, -0.25) is 4.52 Å². The molecule has 7 nitrogen and oxygen atoms in total. The van der Waals surface area contributed by atoms with E-state index in [1.54, 1.807) is 6.92 Å². The molecule has 0 fully saturated rings. The molecule has 0 aliphatic heterocycles. The molecule has 0 aromatic heterocycles. The molecule has 0 spiro atoms. The van der Waals surface area contributed by atoms with Crippen molar-refractivity contribution >= 4 is 13.8 Å². The maximum atomic E-state index is 11.4. The summed E-state index contributed by atoms with van der Waals surface area (Å²) in [5.41, 5.74) is 0.362. The predicted octanol–water partition coefficient (Wildman–Crippen LogP) is 4.58. The Morgan fingerprint density at radius 2 is 1.48 bits per heavy atom. The molecule has 0 radical (unpaired) electrons. The van der Waals surface area contributed by atoms with Crippen LogP contribution in [-0.2, 0) is 18.6 Å². The van der Waals surface area contributed by atoms with E-state index in [2.05, 4.69) is 27.4 Å². The standard InChI is InChI=1S/C21H42NO6P/c1-6-14-22(15-7-2,16-8-3)17-11-13-20(28-29(24,25)26)12-9-10-18-27-21(23)19(4)5/h20H,4,6-18H2,1-3,5H3,(H-,24,25,26)/p+1. The first-order valence-electron chi connectivity index (χ1n) is 11.0. The number of phosphoric ester groups is 1. The summed E-state index contributed by atoms with van der Waals surface area (Å²) in [5, 5.41) is 0. The monoisotopic (exact) mass is 436 g/mol. The maximum absolute atomic E-state index is 11.4. The molecule has 0 saturated carbocycles. The van der Waals surface area contributed by atoms with E-state index in [0.29, 0.717) is 31.3 Å². The van der Waals surface area contributed by atoms with E-state index in [4.69, 9.17) is 9.26 Å². The third-order valence-electron chi connectivity index (χ3n) is 5.04. The smallest absolute Gasteiger partial charge is 0.462 e. The van der Waals surface area contributed by atoms with E-state index in [-0.39, 0.29) is 6.61 Å². The topological polar surface area (TPSA) is 93.1 Å². The molecular weight excluding hydrogens is 393 g/mol. The van der Waals surface area contributed by atoms with E-state index < -0.39 is 19.9 Å². The summed E-state index contributed by atoms with van der Waals surface area (Å²) in [7, 11) is -4.53. The van der Waals surface area contributed by atoms with Crippen molar-refractivity contribution in [3.8, 4) is 0 Å². The SMILES string of the molecule is C=C(C)C(=O)OCCCCC(CCC[N+](CCC)(CCC)CCC)OP(=O)(O)O. The van der Waals surface area contributed by atoms with Gasteiger partial charge >= 0.3 is 13.8 Å². The van der Waals surface area contributed by atoms with Crippen molar-refractivity contribution in [2.45, 2.75) is 85.2 Å². The van der Waals surface area contributed by atoms with Crippen molar-refractivity contribution in [2.75, 3.05) is 32.8 Å². The van der Waals surface area contributed by atoms with E-state index in [1.165, 1.54) is 0 Å². The quantitative estimate of drug-likeness (QED) is 0.107. The lowest BCUT2D eigenvalue weighted by molar-refractivity contribution is -0.928. The second kappa shape index (κ2) is 15.1. The third kappa shape index (κ3) is 14.0. The first-order chi connectivity index (χ1) is 13.6. The zero-order valence-corrected chi connectivity index (χ0v) is 19.8. The van der Waals surface area contributed by atoms with Crippen molar-refractivity contribution in [3.05, 3.63) is 12.2 Å². The van der Waals surface area contributed by atoms with Gasteiger partial charge in [0.05, 0.1) is 38.9 Å². The Bertz CT molecular complexity index is 502. The summed E-state index contributed by atoms with van der Waals surface area (Å²) in [5.74, 6) is -0.412. The number of ether oxygens (including phenoxy) is 1. The number of quaternary nitrogens is 1. The minimum atomic E-state index is -4.53. The van der Waals surface area contributed by atoms with Crippen molar-refractivity contribution in [1.82, 2.24) is 0 Å². The Morgan fingerprint density at radius 3 is 1.93 bits per heavy atom. The van der Waals surface area contributed by atoms with Crippen molar-refractivity contribution in [2.24, 2.45) is 0 Å². The summed E-state index contributed by atoms with van der Waals surface area (Å²) < 4.78 is 22.5. The highest BCUT2D eigenvalue weighted by molar-refractivity contribution is 7.46. The first-order valence-corrected chi connectivity index (χ1v) is 12.5. The van der Waals surface area contributed by atoms with Crippen molar-refractivity contribution in [3.63, 3.8) is 0 Å². The Balaban J connectivity index is 4.62. The molecule has 1 unspecified atom stereocenters. The molecule has 0 amide bonds. The molecule has 0 heterocycles. The van der Waals surface area contributed by atoms with Crippen molar-refractivity contribution < 1.29 is 32.9 Å². The largest absolute Gasteiger partial charge is 0.469 e. The molecular formula is C21H43NO6P+. The summed E-state index contributed by atoms with van der Waals surface area (Å²) >= 11 is 0. The summed E-state index contributed by atoms with van der Waals surface area (Å²) in [4.78, 5) is 29.9. The molecule has 0 aromatic rings. The van der Waals surface area contributed by atoms with Gasteiger partial charge in [-0.15, -0.1) is 0 Å². The lowest BCUT2D eigenvalue weighted by atomic mass is 10.1. The van der Waals surface area contributed by atoms with Gasteiger partial charge < -0.3 is 19.0 Å². The van der Waals surface area contributed by atoms with Gasteiger partial charge in [-0.05, 0) is 58.3 Å². The van der Waals surface area contributed by atoms with Crippen LogP contribution in [-0.4, -0.2) is 59.1 Å². The van der Waals surface area contributed by atoms with Gasteiger partial charge in [0.15, 0.2) is 0 Å². The summed E-state index contributed by atoms with van der Waals surface area (Å²) in [6.07, 6.45) is 6.23. The lowest BCUT2D eigenvalue weighted by Crippen LogP contribution is -2.50. The number of carbonyl (C=O) groups is 1. The van der Waals surface area contributed by atoms with Gasteiger partial charge in [0, 0.05) is 5.57 Å². The Kier molecular flexibility index (Phi) is 14.8. The van der Waals surface area contributed by atoms with Crippen LogP contribution in [0.5, 0.6) is 0 Å². The molecule has 0 bridgehead atoms. The normalized spacial score (nSPS) is 13.3. The van der Waals surface area contributed by atoms with Crippen LogP contribution in [0.2, 0.25) is 0 Å². The highest BCUT2D eigenvalue weighted by atomic mass is 31.2. The number of unbranched alkanes of at least 4 members (excludes halogenated alkanes) is 1. The number of phosphoric acid groups is 1. The maximum Gasteiger partial charge on any atom is 0.469 e. The molecule has 0 saturated heterocycles. The molecule has 172 valence electrons. The Labute approximate surface area is 177 Å². The average Bonchev–Trinajstić information content (AvgIpc) is 2.60. The molecule has 2 N–H and O–H groups in total. The predicted molar refractivity (Wildman–Crippen MR) is 116 cm³/mol. The van der Waals surface area contributed by atoms with Crippen LogP contribution in [0.4, 0.5) is 0 Å². The van der Waals surface area contributed by atoms with Gasteiger partial charge in [0.25, 0.3) is 0 Å². The minimum Gasteiger partial charge on any atom is -0.462 e.